The average molecular weight is 337 g/mol. The fourth-order valence-electron chi connectivity index (χ4n) is 3.16. The van der Waals surface area contributed by atoms with Crippen LogP contribution in [-0.4, -0.2) is 27.7 Å². The minimum absolute atomic E-state index is 0.0754. The summed E-state index contributed by atoms with van der Waals surface area (Å²) in [5.41, 5.74) is 2.69. The number of amides is 2. The Balaban J connectivity index is 1.83. The van der Waals surface area contributed by atoms with Crippen LogP contribution in [0.5, 0.6) is 0 Å². The molecule has 0 saturated carbocycles. The van der Waals surface area contributed by atoms with Crippen molar-refractivity contribution in [1.82, 2.24) is 9.88 Å². The lowest BCUT2D eigenvalue weighted by molar-refractivity contribution is -0.121. The van der Waals surface area contributed by atoms with Gasteiger partial charge in [0.25, 0.3) is 5.91 Å². The number of rotatable bonds is 5. The zero-order chi connectivity index (χ0) is 18.0. The number of nitrogens with one attached hydrogen (secondary N) is 1. The van der Waals surface area contributed by atoms with Crippen LogP contribution in [0.2, 0.25) is 0 Å². The molecule has 25 heavy (non-hydrogen) atoms. The zero-order valence-corrected chi connectivity index (χ0v) is 14.8. The molecule has 5 heteroatoms. The van der Waals surface area contributed by atoms with Crippen LogP contribution in [0.1, 0.15) is 41.8 Å². The normalized spacial score (nSPS) is 14.6. The molecule has 3 rings (SSSR count). The van der Waals surface area contributed by atoms with Gasteiger partial charge in [-0.25, -0.2) is 4.98 Å². The van der Waals surface area contributed by atoms with Crippen molar-refractivity contribution in [3.63, 3.8) is 0 Å². The first-order valence-electron chi connectivity index (χ1n) is 8.58. The van der Waals surface area contributed by atoms with Gasteiger partial charge < -0.3 is 10.2 Å². The lowest BCUT2D eigenvalue weighted by Gasteiger charge is -2.28. The van der Waals surface area contributed by atoms with E-state index >= 15 is 0 Å². The van der Waals surface area contributed by atoms with E-state index in [1.54, 1.807) is 11.1 Å². The summed E-state index contributed by atoms with van der Waals surface area (Å²) in [5, 5.41) is 2.87. The van der Waals surface area contributed by atoms with E-state index in [4.69, 9.17) is 0 Å². The smallest absolute Gasteiger partial charge is 0.255 e. The first-order chi connectivity index (χ1) is 12.0. The Bertz CT molecular complexity index is 801. The van der Waals surface area contributed by atoms with Crippen molar-refractivity contribution < 1.29 is 9.59 Å². The lowest BCUT2D eigenvalue weighted by atomic mass is 10.0. The molecule has 2 aromatic rings. The Labute approximate surface area is 148 Å². The molecular formula is C20H23N3O2. The molecule has 1 atom stereocenters. The molecular weight excluding hydrogens is 314 g/mol. The molecule has 1 unspecified atom stereocenters. The van der Waals surface area contributed by atoms with E-state index in [1.165, 1.54) is 0 Å². The van der Waals surface area contributed by atoms with Crippen molar-refractivity contribution in [2.24, 2.45) is 5.92 Å². The Morgan fingerprint density at radius 3 is 2.72 bits per heavy atom. The summed E-state index contributed by atoms with van der Waals surface area (Å²) in [6.07, 6.45) is 2.27. The SMILES string of the molecule is Cc1ccnc(NC(=O)C(CC(C)C)N2Cc3ccccc3C2=O)c1. The van der Waals surface area contributed by atoms with Crippen molar-refractivity contribution in [2.45, 2.75) is 39.8 Å². The van der Waals surface area contributed by atoms with Gasteiger partial charge in [-0.1, -0.05) is 32.0 Å². The van der Waals surface area contributed by atoms with Crippen molar-refractivity contribution in [1.29, 1.82) is 0 Å². The van der Waals surface area contributed by atoms with Crippen molar-refractivity contribution in [3.05, 3.63) is 59.3 Å². The highest BCUT2D eigenvalue weighted by atomic mass is 16.2. The number of aryl methyl sites for hydroxylation is 1. The molecule has 5 nitrogen and oxygen atoms in total. The zero-order valence-electron chi connectivity index (χ0n) is 14.8. The number of carbonyl (C=O) groups is 2. The topological polar surface area (TPSA) is 62.3 Å². The Kier molecular flexibility index (Phi) is 4.83. The Hall–Kier alpha value is -2.69. The predicted octanol–water partition coefficient (Wildman–Crippen LogP) is 3.40. The quantitative estimate of drug-likeness (QED) is 0.909. The number of nitrogens with zero attached hydrogens (tertiary/aromatic N) is 2. The molecule has 0 fully saturated rings. The number of hydrogen-bond acceptors (Lipinski definition) is 3. The third-order valence-corrected chi connectivity index (χ3v) is 4.39. The second-order valence-corrected chi connectivity index (χ2v) is 6.94. The van der Waals surface area contributed by atoms with Crippen LogP contribution in [0.3, 0.4) is 0 Å². The van der Waals surface area contributed by atoms with Crippen LogP contribution >= 0.6 is 0 Å². The fourth-order valence-corrected chi connectivity index (χ4v) is 3.16. The standard InChI is InChI=1S/C20H23N3O2/c1-13(2)10-17(19(24)22-18-11-14(3)8-9-21-18)23-12-15-6-4-5-7-16(15)20(23)25/h4-9,11,13,17H,10,12H2,1-3H3,(H,21,22,24). The van der Waals surface area contributed by atoms with Crippen molar-refractivity contribution in [3.8, 4) is 0 Å². The monoisotopic (exact) mass is 337 g/mol. The summed E-state index contributed by atoms with van der Waals surface area (Å²) in [4.78, 5) is 31.5. The first-order valence-corrected chi connectivity index (χ1v) is 8.58. The van der Waals surface area contributed by atoms with Crippen molar-refractivity contribution in [2.75, 3.05) is 5.32 Å². The van der Waals surface area contributed by atoms with Gasteiger partial charge >= 0.3 is 0 Å². The molecule has 0 aliphatic carbocycles. The maximum Gasteiger partial charge on any atom is 0.255 e. The molecule has 0 radical (unpaired) electrons. The van der Waals surface area contributed by atoms with Crippen LogP contribution in [0.25, 0.3) is 0 Å². The highest BCUT2D eigenvalue weighted by molar-refractivity contribution is 6.03. The minimum Gasteiger partial charge on any atom is -0.322 e. The van der Waals surface area contributed by atoms with Gasteiger partial charge in [0.05, 0.1) is 0 Å². The van der Waals surface area contributed by atoms with Gasteiger partial charge in [-0.05, 0) is 48.6 Å². The summed E-state index contributed by atoms with van der Waals surface area (Å²) < 4.78 is 0. The molecule has 1 aromatic carbocycles. The number of benzene rings is 1. The van der Waals surface area contributed by atoms with E-state index in [9.17, 15) is 9.59 Å². The molecule has 1 N–H and O–H groups in total. The van der Waals surface area contributed by atoms with Gasteiger partial charge in [-0.3, -0.25) is 9.59 Å². The number of anilines is 1. The van der Waals surface area contributed by atoms with Gasteiger partial charge in [0.1, 0.15) is 11.9 Å². The maximum atomic E-state index is 12.9. The Morgan fingerprint density at radius 2 is 2.04 bits per heavy atom. The number of aromatic nitrogens is 1. The number of carbonyl (C=O) groups excluding carboxylic acids is 2. The van der Waals surface area contributed by atoms with Crippen LogP contribution < -0.4 is 5.32 Å². The van der Waals surface area contributed by atoms with Crippen molar-refractivity contribution >= 4 is 17.6 Å². The van der Waals surface area contributed by atoms with E-state index in [0.29, 0.717) is 24.3 Å². The van der Waals surface area contributed by atoms with E-state index in [0.717, 1.165) is 11.1 Å². The average Bonchev–Trinajstić information content (AvgIpc) is 2.89. The molecule has 1 aromatic heterocycles. The van der Waals surface area contributed by atoms with Crippen LogP contribution in [0.15, 0.2) is 42.6 Å². The number of fused-ring (bicyclic) bond motifs is 1. The molecule has 0 bridgehead atoms. The van der Waals surface area contributed by atoms with E-state index in [-0.39, 0.29) is 17.7 Å². The molecule has 2 amide bonds. The molecule has 0 spiro atoms. The number of hydrogen-bond donors (Lipinski definition) is 1. The lowest BCUT2D eigenvalue weighted by Crippen LogP contribution is -2.45. The van der Waals surface area contributed by atoms with Gasteiger partial charge in [-0.15, -0.1) is 0 Å². The summed E-state index contributed by atoms with van der Waals surface area (Å²) in [7, 11) is 0. The maximum absolute atomic E-state index is 12.9. The summed E-state index contributed by atoms with van der Waals surface area (Å²) in [6.45, 7) is 6.53. The van der Waals surface area contributed by atoms with Gasteiger partial charge in [-0.2, -0.15) is 0 Å². The summed E-state index contributed by atoms with van der Waals surface area (Å²) in [5.74, 6) is 0.544. The molecule has 2 heterocycles. The van der Waals surface area contributed by atoms with Gasteiger partial charge in [0.2, 0.25) is 5.91 Å². The van der Waals surface area contributed by atoms with E-state index in [2.05, 4.69) is 24.1 Å². The predicted molar refractivity (Wildman–Crippen MR) is 97.2 cm³/mol. The van der Waals surface area contributed by atoms with Crippen LogP contribution in [0.4, 0.5) is 5.82 Å². The Morgan fingerprint density at radius 1 is 1.28 bits per heavy atom. The minimum atomic E-state index is -0.512. The highest BCUT2D eigenvalue weighted by Crippen LogP contribution is 2.27. The second-order valence-electron chi connectivity index (χ2n) is 6.94. The third-order valence-electron chi connectivity index (χ3n) is 4.39. The summed E-state index contributed by atoms with van der Waals surface area (Å²) >= 11 is 0. The largest absolute Gasteiger partial charge is 0.322 e. The first kappa shape index (κ1) is 17.1. The molecule has 130 valence electrons. The van der Waals surface area contributed by atoms with Gasteiger partial charge in [0.15, 0.2) is 0 Å². The molecule has 1 aliphatic rings. The molecule has 0 saturated heterocycles. The molecule has 1 aliphatic heterocycles. The van der Waals surface area contributed by atoms with E-state index < -0.39 is 6.04 Å². The second kappa shape index (κ2) is 7.05. The van der Waals surface area contributed by atoms with Gasteiger partial charge in [0, 0.05) is 18.3 Å². The third kappa shape index (κ3) is 3.71. The van der Waals surface area contributed by atoms with Crippen LogP contribution in [-0.2, 0) is 11.3 Å². The van der Waals surface area contributed by atoms with E-state index in [1.807, 2.05) is 43.3 Å². The fraction of sp³-hybridized carbons (Fsp3) is 0.350. The summed E-state index contributed by atoms with van der Waals surface area (Å²) in [6, 6.07) is 10.7. The number of pyridine rings is 1. The highest BCUT2D eigenvalue weighted by Gasteiger charge is 2.36. The van der Waals surface area contributed by atoms with Crippen LogP contribution in [0, 0.1) is 12.8 Å².